The Bertz CT molecular complexity index is 325. The molecule has 0 bridgehead atoms. The lowest BCUT2D eigenvalue weighted by atomic mass is 9.94. The number of thiazole rings is 1. The van der Waals surface area contributed by atoms with Crippen LogP contribution in [0.2, 0.25) is 0 Å². The Morgan fingerprint density at radius 3 is 3.12 bits per heavy atom. The molecule has 1 fully saturated rings. The number of aromatic nitrogens is 1. The molecule has 2 heterocycles. The largest absolute Gasteiger partial charge is 0.309 e. The highest BCUT2D eigenvalue weighted by Crippen LogP contribution is 2.21. The zero-order valence-electron chi connectivity index (χ0n) is 10.4. The van der Waals surface area contributed by atoms with E-state index in [0.717, 1.165) is 19.6 Å². The second-order valence-corrected chi connectivity index (χ2v) is 5.95. The van der Waals surface area contributed by atoms with Crippen LogP contribution in [0.4, 0.5) is 0 Å². The van der Waals surface area contributed by atoms with Gasteiger partial charge in [-0.25, -0.2) is 4.98 Å². The van der Waals surface area contributed by atoms with Crippen LogP contribution in [0, 0.1) is 0 Å². The fourth-order valence-corrected chi connectivity index (χ4v) is 2.78. The van der Waals surface area contributed by atoms with Gasteiger partial charge >= 0.3 is 0 Å². The Labute approximate surface area is 102 Å². The van der Waals surface area contributed by atoms with E-state index in [1.807, 2.05) is 6.20 Å². The molecule has 4 heteroatoms. The van der Waals surface area contributed by atoms with Gasteiger partial charge in [-0.2, -0.15) is 0 Å². The van der Waals surface area contributed by atoms with E-state index in [1.54, 1.807) is 11.3 Å². The fourth-order valence-electron chi connectivity index (χ4n) is 2.14. The van der Waals surface area contributed by atoms with Crippen molar-refractivity contribution in [2.24, 2.45) is 0 Å². The van der Waals surface area contributed by atoms with Gasteiger partial charge in [-0.1, -0.05) is 6.92 Å². The van der Waals surface area contributed by atoms with Crippen LogP contribution in [0.1, 0.15) is 32.2 Å². The van der Waals surface area contributed by atoms with E-state index in [-0.39, 0.29) is 5.54 Å². The van der Waals surface area contributed by atoms with Gasteiger partial charge in [0.05, 0.1) is 6.54 Å². The molecule has 1 N–H and O–H groups in total. The lowest BCUT2D eigenvalue weighted by molar-refractivity contribution is 0.0865. The Balaban J connectivity index is 2.01. The van der Waals surface area contributed by atoms with Crippen LogP contribution in [-0.4, -0.2) is 34.6 Å². The van der Waals surface area contributed by atoms with Crippen LogP contribution < -0.4 is 5.32 Å². The second-order valence-electron chi connectivity index (χ2n) is 4.97. The maximum absolute atomic E-state index is 4.37. The SMILES string of the molecule is CCC1(C)CN(Cc2nccs2)C(C)CN1. The molecule has 0 radical (unpaired) electrons. The summed E-state index contributed by atoms with van der Waals surface area (Å²) in [5, 5.41) is 6.93. The molecule has 2 unspecified atom stereocenters. The minimum Gasteiger partial charge on any atom is -0.309 e. The third kappa shape index (κ3) is 2.62. The highest BCUT2D eigenvalue weighted by Gasteiger charge is 2.32. The monoisotopic (exact) mass is 239 g/mol. The summed E-state index contributed by atoms with van der Waals surface area (Å²) in [5.41, 5.74) is 0.268. The van der Waals surface area contributed by atoms with Gasteiger partial charge in [0, 0.05) is 36.2 Å². The van der Waals surface area contributed by atoms with Crippen LogP contribution in [-0.2, 0) is 6.54 Å². The Morgan fingerprint density at radius 2 is 2.50 bits per heavy atom. The van der Waals surface area contributed by atoms with E-state index in [2.05, 4.69) is 41.4 Å². The van der Waals surface area contributed by atoms with Gasteiger partial charge in [-0.05, 0) is 20.3 Å². The minimum atomic E-state index is 0.268. The highest BCUT2D eigenvalue weighted by atomic mass is 32.1. The van der Waals surface area contributed by atoms with Gasteiger partial charge in [-0.15, -0.1) is 11.3 Å². The third-order valence-corrected chi connectivity index (χ3v) is 4.37. The van der Waals surface area contributed by atoms with E-state index in [0.29, 0.717) is 6.04 Å². The molecule has 0 saturated carbocycles. The first kappa shape index (κ1) is 12.0. The van der Waals surface area contributed by atoms with Crippen molar-refractivity contribution in [1.82, 2.24) is 15.2 Å². The maximum atomic E-state index is 4.37. The third-order valence-electron chi connectivity index (χ3n) is 3.60. The van der Waals surface area contributed by atoms with Crippen molar-refractivity contribution < 1.29 is 0 Å². The summed E-state index contributed by atoms with van der Waals surface area (Å²) >= 11 is 1.75. The number of rotatable bonds is 3. The molecule has 2 rings (SSSR count). The van der Waals surface area contributed by atoms with Gasteiger partial charge in [0.1, 0.15) is 5.01 Å². The molecule has 1 saturated heterocycles. The van der Waals surface area contributed by atoms with Gasteiger partial charge in [-0.3, -0.25) is 4.90 Å². The number of hydrogen-bond donors (Lipinski definition) is 1. The summed E-state index contributed by atoms with van der Waals surface area (Å²) in [6, 6.07) is 0.600. The van der Waals surface area contributed by atoms with Crippen LogP contribution >= 0.6 is 11.3 Å². The van der Waals surface area contributed by atoms with Gasteiger partial charge in [0.25, 0.3) is 0 Å². The van der Waals surface area contributed by atoms with E-state index in [1.165, 1.54) is 11.4 Å². The van der Waals surface area contributed by atoms with Crippen LogP contribution in [0.25, 0.3) is 0 Å². The average Bonchev–Trinajstić information content (AvgIpc) is 2.77. The standard InChI is InChI=1S/C12H21N3S/c1-4-12(3)9-15(10(2)7-14-12)8-11-13-5-6-16-11/h5-6,10,14H,4,7-9H2,1-3H3. The molecule has 1 aromatic rings. The first-order valence-corrected chi connectivity index (χ1v) is 6.88. The Morgan fingerprint density at radius 1 is 1.69 bits per heavy atom. The number of nitrogens with one attached hydrogen (secondary N) is 1. The van der Waals surface area contributed by atoms with Crippen molar-refractivity contribution in [1.29, 1.82) is 0 Å². The van der Waals surface area contributed by atoms with Gasteiger partial charge in [0.15, 0.2) is 0 Å². The number of nitrogens with zero attached hydrogens (tertiary/aromatic N) is 2. The first-order valence-electron chi connectivity index (χ1n) is 6.00. The highest BCUT2D eigenvalue weighted by molar-refractivity contribution is 7.09. The fraction of sp³-hybridized carbons (Fsp3) is 0.750. The van der Waals surface area contributed by atoms with E-state index in [9.17, 15) is 0 Å². The van der Waals surface area contributed by atoms with E-state index >= 15 is 0 Å². The molecular weight excluding hydrogens is 218 g/mol. The molecule has 1 aromatic heterocycles. The Kier molecular flexibility index (Phi) is 3.62. The summed E-state index contributed by atoms with van der Waals surface area (Å²) in [4.78, 5) is 6.92. The second kappa shape index (κ2) is 4.82. The predicted octanol–water partition coefficient (Wildman–Crippen LogP) is 2.11. The molecule has 0 aliphatic carbocycles. The number of hydrogen-bond acceptors (Lipinski definition) is 4. The normalized spacial score (nSPS) is 31.8. The molecule has 16 heavy (non-hydrogen) atoms. The van der Waals surface area contributed by atoms with Crippen molar-refractivity contribution in [3.63, 3.8) is 0 Å². The summed E-state index contributed by atoms with van der Waals surface area (Å²) in [5.74, 6) is 0. The summed E-state index contributed by atoms with van der Waals surface area (Å²) in [7, 11) is 0. The molecule has 1 aliphatic heterocycles. The zero-order chi connectivity index (χ0) is 11.6. The van der Waals surface area contributed by atoms with Crippen molar-refractivity contribution >= 4 is 11.3 Å². The van der Waals surface area contributed by atoms with Crippen molar-refractivity contribution in [2.45, 2.75) is 45.3 Å². The molecule has 90 valence electrons. The average molecular weight is 239 g/mol. The van der Waals surface area contributed by atoms with Crippen molar-refractivity contribution in [2.75, 3.05) is 13.1 Å². The van der Waals surface area contributed by atoms with Crippen molar-refractivity contribution in [3.05, 3.63) is 16.6 Å². The predicted molar refractivity (Wildman–Crippen MR) is 68.7 cm³/mol. The van der Waals surface area contributed by atoms with E-state index < -0.39 is 0 Å². The molecule has 0 spiro atoms. The smallest absolute Gasteiger partial charge is 0.107 e. The molecular formula is C12H21N3S. The molecule has 3 nitrogen and oxygen atoms in total. The van der Waals surface area contributed by atoms with Gasteiger partial charge < -0.3 is 5.32 Å². The topological polar surface area (TPSA) is 28.2 Å². The molecule has 2 atom stereocenters. The van der Waals surface area contributed by atoms with Crippen LogP contribution in [0.15, 0.2) is 11.6 Å². The maximum Gasteiger partial charge on any atom is 0.107 e. The first-order chi connectivity index (χ1) is 7.63. The summed E-state index contributed by atoms with van der Waals surface area (Å²) in [6.07, 6.45) is 3.07. The minimum absolute atomic E-state index is 0.268. The van der Waals surface area contributed by atoms with Crippen LogP contribution in [0.3, 0.4) is 0 Å². The van der Waals surface area contributed by atoms with Gasteiger partial charge in [0.2, 0.25) is 0 Å². The molecule has 0 amide bonds. The van der Waals surface area contributed by atoms with E-state index in [4.69, 9.17) is 0 Å². The lowest BCUT2D eigenvalue weighted by Gasteiger charge is -2.44. The molecule has 1 aliphatic rings. The Hall–Kier alpha value is -0.450. The summed E-state index contributed by atoms with van der Waals surface area (Å²) < 4.78 is 0. The summed E-state index contributed by atoms with van der Waals surface area (Å²) in [6.45, 7) is 10.0. The lowest BCUT2D eigenvalue weighted by Crippen LogP contribution is -2.61. The number of piperazine rings is 1. The van der Waals surface area contributed by atoms with Crippen LogP contribution in [0.5, 0.6) is 0 Å². The molecule has 0 aromatic carbocycles. The van der Waals surface area contributed by atoms with Crippen molar-refractivity contribution in [3.8, 4) is 0 Å². The zero-order valence-corrected chi connectivity index (χ0v) is 11.2. The quantitative estimate of drug-likeness (QED) is 0.875.